The molecule has 2 heterocycles. The van der Waals surface area contributed by atoms with E-state index in [2.05, 4.69) is 21.2 Å². The Hall–Kier alpha value is -2.25. The van der Waals surface area contributed by atoms with E-state index in [1.807, 2.05) is 35.7 Å². The van der Waals surface area contributed by atoms with Crippen LogP contribution in [0.25, 0.3) is 0 Å². The molecule has 0 radical (unpaired) electrons. The highest BCUT2D eigenvalue weighted by molar-refractivity contribution is 9.11. The molecular formula is C18H16BrNO4S. The van der Waals surface area contributed by atoms with Crippen LogP contribution < -0.4 is 14.8 Å². The first-order valence-electron chi connectivity index (χ1n) is 7.51. The third-order valence-electron chi connectivity index (χ3n) is 3.40. The molecule has 0 bridgehead atoms. The van der Waals surface area contributed by atoms with Crippen molar-refractivity contribution in [1.29, 1.82) is 0 Å². The summed E-state index contributed by atoms with van der Waals surface area (Å²) in [6.07, 6.45) is 0. The number of carbonyl (C=O) groups is 1. The van der Waals surface area contributed by atoms with Crippen LogP contribution in [0, 0.1) is 0 Å². The maximum atomic E-state index is 12.1. The van der Waals surface area contributed by atoms with Crippen LogP contribution in [-0.4, -0.2) is 13.0 Å². The van der Waals surface area contributed by atoms with E-state index >= 15 is 0 Å². The minimum Gasteiger partial charge on any atom is -0.493 e. The maximum absolute atomic E-state index is 12.1. The number of rotatable bonds is 7. The number of amides is 1. The number of methoxy groups -OCH3 is 1. The summed E-state index contributed by atoms with van der Waals surface area (Å²) in [5.74, 6) is 1.83. The van der Waals surface area contributed by atoms with Crippen LogP contribution in [0.15, 0.2) is 56.0 Å². The molecule has 2 aromatic heterocycles. The highest BCUT2D eigenvalue weighted by Gasteiger charge is 2.12. The molecule has 0 atom stereocenters. The van der Waals surface area contributed by atoms with E-state index in [4.69, 9.17) is 13.9 Å². The molecule has 1 aromatic carbocycles. The van der Waals surface area contributed by atoms with Gasteiger partial charge in [0, 0.05) is 6.54 Å². The van der Waals surface area contributed by atoms with Gasteiger partial charge < -0.3 is 19.2 Å². The van der Waals surface area contributed by atoms with Crippen molar-refractivity contribution in [2.45, 2.75) is 13.2 Å². The van der Waals surface area contributed by atoms with Gasteiger partial charge in [-0.1, -0.05) is 12.1 Å². The molecule has 130 valence electrons. The molecule has 1 N–H and O–H groups in total. The number of hydrogen-bond acceptors (Lipinski definition) is 5. The summed E-state index contributed by atoms with van der Waals surface area (Å²) in [7, 11) is 1.59. The van der Waals surface area contributed by atoms with E-state index in [0.717, 1.165) is 9.35 Å². The maximum Gasteiger partial charge on any atom is 0.287 e. The summed E-state index contributed by atoms with van der Waals surface area (Å²) in [6.45, 7) is 0.666. The number of para-hydroxylation sites is 2. The van der Waals surface area contributed by atoms with Gasteiger partial charge in [-0.05, 0) is 57.2 Å². The van der Waals surface area contributed by atoms with Gasteiger partial charge in [0.25, 0.3) is 5.91 Å². The molecule has 0 aliphatic carbocycles. The first-order valence-corrected chi connectivity index (χ1v) is 9.18. The van der Waals surface area contributed by atoms with Gasteiger partial charge in [-0.15, -0.1) is 11.3 Å². The minimum absolute atomic E-state index is 0.213. The van der Waals surface area contributed by atoms with Gasteiger partial charge in [0.05, 0.1) is 10.9 Å². The van der Waals surface area contributed by atoms with Crippen molar-refractivity contribution in [3.8, 4) is 11.5 Å². The third kappa shape index (κ3) is 4.64. The molecule has 25 heavy (non-hydrogen) atoms. The van der Waals surface area contributed by atoms with E-state index in [-0.39, 0.29) is 18.3 Å². The van der Waals surface area contributed by atoms with Crippen molar-refractivity contribution in [3.63, 3.8) is 0 Å². The van der Waals surface area contributed by atoms with Gasteiger partial charge >= 0.3 is 0 Å². The Balaban J connectivity index is 1.55. The first kappa shape index (κ1) is 17.6. The lowest BCUT2D eigenvalue weighted by Gasteiger charge is -2.08. The molecule has 0 spiro atoms. The summed E-state index contributed by atoms with van der Waals surface area (Å²) in [6, 6.07) is 12.7. The molecule has 5 nitrogen and oxygen atoms in total. The second kappa shape index (κ2) is 8.22. The number of hydrogen-bond donors (Lipinski definition) is 1. The normalized spacial score (nSPS) is 10.5. The fourth-order valence-corrected chi connectivity index (χ4v) is 3.38. The Morgan fingerprint density at radius 2 is 2.04 bits per heavy atom. The number of nitrogens with one attached hydrogen (secondary N) is 1. The summed E-state index contributed by atoms with van der Waals surface area (Å²) in [5.41, 5.74) is 1.04. The first-order chi connectivity index (χ1) is 12.2. The summed E-state index contributed by atoms with van der Waals surface area (Å²) < 4.78 is 17.5. The average Bonchev–Trinajstić information content (AvgIpc) is 3.27. The number of furan rings is 1. The number of halogens is 1. The van der Waals surface area contributed by atoms with E-state index in [1.165, 1.54) is 0 Å². The number of carbonyl (C=O) groups excluding carboxylic acids is 1. The standard InChI is InChI=1S/C18H16BrNO4S/c1-22-14-4-2-3-5-15(14)23-10-13-6-7-16(24-13)18(21)20-9-12-8-17(19)25-11-12/h2-8,11H,9-10H2,1H3,(H,20,21). The fraction of sp³-hybridized carbons (Fsp3) is 0.167. The van der Waals surface area contributed by atoms with Gasteiger partial charge in [0.2, 0.25) is 0 Å². The second-order valence-corrected chi connectivity index (χ2v) is 7.44. The molecule has 3 rings (SSSR count). The third-order valence-corrected chi connectivity index (χ3v) is 4.95. The lowest BCUT2D eigenvalue weighted by Crippen LogP contribution is -2.21. The van der Waals surface area contributed by atoms with E-state index in [1.54, 1.807) is 30.6 Å². The van der Waals surface area contributed by atoms with E-state index in [9.17, 15) is 4.79 Å². The van der Waals surface area contributed by atoms with Crippen molar-refractivity contribution in [2.24, 2.45) is 0 Å². The summed E-state index contributed by atoms with van der Waals surface area (Å²) >= 11 is 4.98. The molecule has 7 heteroatoms. The van der Waals surface area contributed by atoms with Crippen molar-refractivity contribution in [3.05, 3.63) is 68.7 Å². The number of benzene rings is 1. The molecule has 0 unspecified atom stereocenters. The van der Waals surface area contributed by atoms with Crippen LogP contribution in [0.5, 0.6) is 11.5 Å². The van der Waals surface area contributed by atoms with Crippen LogP contribution in [-0.2, 0) is 13.2 Å². The van der Waals surface area contributed by atoms with Crippen molar-refractivity contribution in [1.82, 2.24) is 5.32 Å². The quantitative estimate of drug-likeness (QED) is 0.604. The van der Waals surface area contributed by atoms with Crippen LogP contribution in [0.2, 0.25) is 0 Å². The predicted octanol–water partition coefficient (Wildman–Crippen LogP) is 4.62. The predicted molar refractivity (Wildman–Crippen MR) is 99.2 cm³/mol. The van der Waals surface area contributed by atoms with Crippen LogP contribution in [0.3, 0.4) is 0 Å². The van der Waals surface area contributed by atoms with Crippen LogP contribution in [0.1, 0.15) is 21.9 Å². The second-order valence-electron chi connectivity index (χ2n) is 5.15. The van der Waals surface area contributed by atoms with Crippen molar-refractivity contribution in [2.75, 3.05) is 7.11 Å². The van der Waals surface area contributed by atoms with Gasteiger partial charge in [-0.2, -0.15) is 0 Å². The molecule has 1 amide bonds. The molecule has 0 aliphatic heterocycles. The molecule has 0 aliphatic rings. The minimum atomic E-state index is -0.258. The molecule has 0 fully saturated rings. The zero-order valence-corrected chi connectivity index (χ0v) is 15.9. The Kier molecular flexibility index (Phi) is 5.78. The number of thiophene rings is 1. The Morgan fingerprint density at radius 3 is 2.76 bits per heavy atom. The topological polar surface area (TPSA) is 60.7 Å². The molecule has 3 aromatic rings. The Morgan fingerprint density at radius 1 is 1.24 bits per heavy atom. The summed E-state index contributed by atoms with van der Waals surface area (Å²) in [4.78, 5) is 12.1. The average molecular weight is 422 g/mol. The zero-order chi connectivity index (χ0) is 17.6. The largest absolute Gasteiger partial charge is 0.493 e. The van der Waals surface area contributed by atoms with E-state index < -0.39 is 0 Å². The van der Waals surface area contributed by atoms with Crippen LogP contribution >= 0.6 is 27.3 Å². The van der Waals surface area contributed by atoms with E-state index in [0.29, 0.717) is 23.8 Å². The smallest absolute Gasteiger partial charge is 0.287 e. The number of ether oxygens (including phenoxy) is 2. The Bertz CT molecular complexity index is 858. The van der Waals surface area contributed by atoms with Crippen LogP contribution in [0.4, 0.5) is 0 Å². The SMILES string of the molecule is COc1ccccc1OCc1ccc(C(=O)NCc2csc(Br)c2)o1. The molecule has 0 saturated carbocycles. The summed E-state index contributed by atoms with van der Waals surface area (Å²) in [5, 5.41) is 4.81. The van der Waals surface area contributed by atoms with Gasteiger partial charge in [-0.3, -0.25) is 4.79 Å². The highest BCUT2D eigenvalue weighted by Crippen LogP contribution is 2.27. The molecule has 0 saturated heterocycles. The van der Waals surface area contributed by atoms with Gasteiger partial charge in [0.1, 0.15) is 12.4 Å². The Labute approximate surface area is 157 Å². The fourth-order valence-electron chi connectivity index (χ4n) is 2.17. The van der Waals surface area contributed by atoms with Crippen molar-refractivity contribution >= 4 is 33.2 Å². The molecular weight excluding hydrogens is 406 g/mol. The van der Waals surface area contributed by atoms with Gasteiger partial charge in [0.15, 0.2) is 17.3 Å². The monoisotopic (exact) mass is 421 g/mol. The highest BCUT2D eigenvalue weighted by atomic mass is 79.9. The zero-order valence-electron chi connectivity index (χ0n) is 13.5. The lowest BCUT2D eigenvalue weighted by molar-refractivity contribution is 0.0919. The van der Waals surface area contributed by atoms with Gasteiger partial charge in [-0.25, -0.2) is 0 Å². The van der Waals surface area contributed by atoms with Crippen molar-refractivity contribution < 1.29 is 18.7 Å². The lowest BCUT2D eigenvalue weighted by atomic mass is 10.3.